The SMILES string of the molecule is CCCCCCCCCCOC(CCn1ccnc1)C1CCCCC1.O=C(O)C(=O)O. The zero-order valence-electron chi connectivity index (χ0n) is 19.2. The molecule has 178 valence electrons. The highest BCUT2D eigenvalue weighted by molar-refractivity contribution is 6.27. The Morgan fingerprint density at radius 2 is 1.61 bits per heavy atom. The number of aryl methyl sites for hydroxylation is 1. The summed E-state index contributed by atoms with van der Waals surface area (Å²) < 4.78 is 8.58. The Morgan fingerprint density at radius 1 is 1.00 bits per heavy atom. The highest BCUT2D eigenvalue weighted by atomic mass is 16.5. The Balaban J connectivity index is 0.000000703. The van der Waals surface area contributed by atoms with Crippen LogP contribution < -0.4 is 0 Å². The van der Waals surface area contributed by atoms with E-state index in [0.717, 1.165) is 25.5 Å². The van der Waals surface area contributed by atoms with E-state index in [4.69, 9.17) is 24.5 Å². The molecule has 1 aliphatic rings. The Kier molecular flexibility index (Phi) is 15.5. The number of carbonyl (C=O) groups is 2. The molecule has 0 spiro atoms. The number of imidazole rings is 1. The van der Waals surface area contributed by atoms with Crippen LogP contribution in [0, 0.1) is 5.92 Å². The maximum atomic E-state index is 9.10. The summed E-state index contributed by atoms with van der Waals surface area (Å²) in [6.07, 6.45) is 25.4. The Labute approximate surface area is 187 Å². The van der Waals surface area contributed by atoms with Gasteiger partial charge in [-0.05, 0) is 31.6 Å². The maximum Gasteiger partial charge on any atom is 0.414 e. The first-order chi connectivity index (χ1) is 15.0. The van der Waals surface area contributed by atoms with Crippen LogP contribution in [0.2, 0.25) is 0 Å². The van der Waals surface area contributed by atoms with Crippen LogP contribution in [0.1, 0.15) is 96.8 Å². The molecular formula is C24H42N2O5. The van der Waals surface area contributed by atoms with Crippen LogP contribution in [0.25, 0.3) is 0 Å². The monoisotopic (exact) mass is 438 g/mol. The van der Waals surface area contributed by atoms with Gasteiger partial charge in [0, 0.05) is 25.5 Å². The van der Waals surface area contributed by atoms with E-state index >= 15 is 0 Å². The first-order valence-electron chi connectivity index (χ1n) is 12.1. The van der Waals surface area contributed by atoms with Gasteiger partial charge in [0.1, 0.15) is 0 Å². The minimum Gasteiger partial charge on any atom is -0.473 e. The summed E-state index contributed by atoms with van der Waals surface area (Å²) in [5.74, 6) is -2.86. The zero-order valence-corrected chi connectivity index (χ0v) is 19.2. The molecule has 7 nitrogen and oxygen atoms in total. The van der Waals surface area contributed by atoms with Crippen LogP contribution in [0.3, 0.4) is 0 Å². The molecule has 0 radical (unpaired) electrons. The lowest BCUT2D eigenvalue weighted by Crippen LogP contribution is -2.28. The molecule has 0 saturated heterocycles. The van der Waals surface area contributed by atoms with Gasteiger partial charge in [-0.1, -0.05) is 71.1 Å². The number of aromatic nitrogens is 2. The molecule has 0 aromatic carbocycles. The fraction of sp³-hybridized carbons (Fsp3) is 0.792. The molecule has 1 heterocycles. The fourth-order valence-electron chi connectivity index (χ4n) is 4.13. The molecule has 1 aromatic rings. The number of rotatable bonds is 14. The molecular weight excluding hydrogens is 396 g/mol. The number of hydrogen-bond acceptors (Lipinski definition) is 4. The van der Waals surface area contributed by atoms with Gasteiger partial charge >= 0.3 is 11.9 Å². The van der Waals surface area contributed by atoms with Crippen molar-refractivity contribution in [1.29, 1.82) is 0 Å². The van der Waals surface area contributed by atoms with Crippen LogP contribution in [0.4, 0.5) is 0 Å². The third-order valence-electron chi connectivity index (χ3n) is 5.92. The van der Waals surface area contributed by atoms with Crippen molar-refractivity contribution in [2.24, 2.45) is 5.92 Å². The van der Waals surface area contributed by atoms with Crippen molar-refractivity contribution in [3.8, 4) is 0 Å². The summed E-state index contributed by atoms with van der Waals surface area (Å²) in [6.45, 7) is 4.28. The van der Waals surface area contributed by atoms with Gasteiger partial charge in [0.05, 0.1) is 12.4 Å². The van der Waals surface area contributed by atoms with E-state index in [-0.39, 0.29) is 0 Å². The summed E-state index contributed by atoms with van der Waals surface area (Å²) in [7, 11) is 0. The molecule has 1 unspecified atom stereocenters. The van der Waals surface area contributed by atoms with Gasteiger partial charge in [0.2, 0.25) is 0 Å². The maximum absolute atomic E-state index is 9.10. The topological polar surface area (TPSA) is 102 Å². The van der Waals surface area contributed by atoms with Crippen molar-refractivity contribution in [1.82, 2.24) is 9.55 Å². The molecule has 0 bridgehead atoms. The van der Waals surface area contributed by atoms with Gasteiger partial charge in [-0.3, -0.25) is 0 Å². The zero-order chi connectivity index (χ0) is 22.7. The average Bonchev–Trinajstić information content (AvgIpc) is 3.29. The molecule has 1 atom stereocenters. The quantitative estimate of drug-likeness (QED) is 0.292. The van der Waals surface area contributed by atoms with Crippen LogP contribution in [0.15, 0.2) is 18.7 Å². The number of nitrogens with zero attached hydrogens (tertiary/aromatic N) is 2. The molecule has 0 aliphatic heterocycles. The van der Waals surface area contributed by atoms with Crippen LogP contribution in [0.5, 0.6) is 0 Å². The number of aliphatic carboxylic acids is 2. The fourth-order valence-corrected chi connectivity index (χ4v) is 4.13. The van der Waals surface area contributed by atoms with E-state index < -0.39 is 11.9 Å². The number of carboxylic acids is 2. The minimum absolute atomic E-state index is 0.451. The van der Waals surface area contributed by atoms with Crippen molar-refractivity contribution in [3.05, 3.63) is 18.7 Å². The van der Waals surface area contributed by atoms with E-state index in [1.165, 1.54) is 83.5 Å². The second kappa shape index (κ2) is 17.8. The van der Waals surface area contributed by atoms with E-state index in [1.807, 2.05) is 12.5 Å². The first-order valence-corrected chi connectivity index (χ1v) is 12.1. The molecule has 1 saturated carbocycles. The van der Waals surface area contributed by atoms with Gasteiger partial charge in [0.25, 0.3) is 0 Å². The number of unbranched alkanes of at least 4 members (excludes halogenated alkanes) is 7. The number of ether oxygens (including phenoxy) is 1. The minimum atomic E-state index is -1.82. The third-order valence-corrected chi connectivity index (χ3v) is 5.92. The van der Waals surface area contributed by atoms with Gasteiger partial charge in [-0.15, -0.1) is 0 Å². The second-order valence-electron chi connectivity index (χ2n) is 8.48. The molecule has 1 aliphatic carbocycles. The van der Waals surface area contributed by atoms with Crippen molar-refractivity contribution < 1.29 is 24.5 Å². The predicted octanol–water partition coefficient (Wildman–Crippen LogP) is 5.54. The van der Waals surface area contributed by atoms with Crippen molar-refractivity contribution in [2.75, 3.05) is 6.61 Å². The lowest BCUT2D eigenvalue weighted by atomic mass is 9.84. The molecule has 2 rings (SSSR count). The predicted molar refractivity (Wildman–Crippen MR) is 121 cm³/mol. The van der Waals surface area contributed by atoms with E-state index in [1.54, 1.807) is 0 Å². The molecule has 7 heteroatoms. The molecule has 2 N–H and O–H groups in total. The number of hydrogen-bond donors (Lipinski definition) is 2. The molecule has 31 heavy (non-hydrogen) atoms. The third kappa shape index (κ3) is 13.9. The van der Waals surface area contributed by atoms with Gasteiger partial charge < -0.3 is 19.5 Å². The van der Waals surface area contributed by atoms with Gasteiger partial charge in [0.15, 0.2) is 0 Å². The molecule has 1 fully saturated rings. The van der Waals surface area contributed by atoms with Crippen LogP contribution in [-0.4, -0.2) is 44.4 Å². The van der Waals surface area contributed by atoms with Crippen molar-refractivity contribution >= 4 is 11.9 Å². The van der Waals surface area contributed by atoms with E-state index in [9.17, 15) is 0 Å². The first kappa shape index (κ1) is 27.1. The van der Waals surface area contributed by atoms with Gasteiger partial charge in [-0.25, -0.2) is 14.6 Å². The highest BCUT2D eigenvalue weighted by Gasteiger charge is 2.24. The lowest BCUT2D eigenvalue weighted by Gasteiger charge is -2.30. The van der Waals surface area contributed by atoms with E-state index in [0.29, 0.717) is 6.10 Å². The molecule has 0 amide bonds. The molecule has 1 aromatic heterocycles. The Bertz CT molecular complexity index is 559. The summed E-state index contributed by atoms with van der Waals surface area (Å²) in [5.41, 5.74) is 0. The van der Waals surface area contributed by atoms with E-state index in [2.05, 4.69) is 22.7 Å². The Morgan fingerprint density at radius 3 is 2.16 bits per heavy atom. The van der Waals surface area contributed by atoms with Crippen molar-refractivity contribution in [2.45, 2.75) is 109 Å². The smallest absolute Gasteiger partial charge is 0.414 e. The normalized spacial score (nSPS) is 15.1. The summed E-state index contributed by atoms with van der Waals surface area (Å²) in [4.78, 5) is 22.4. The highest BCUT2D eigenvalue weighted by Crippen LogP contribution is 2.30. The summed E-state index contributed by atoms with van der Waals surface area (Å²) in [6, 6.07) is 0. The van der Waals surface area contributed by atoms with Crippen LogP contribution >= 0.6 is 0 Å². The average molecular weight is 439 g/mol. The Hall–Kier alpha value is -1.89. The lowest BCUT2D eigenvalue weighted by molar-refractivity contribution is -0.159. The number of carboxylic acid groups (broad SMARTS) is 2. The standard InChI is InChI=1S/C22H40N2O.C2H2O4/c1-2-3-4-5-6-7-8-12-19-25-22(21-13-10-9-11-14-21)15-17-24-18-16-23-20-24;3-1(4)2(5)6/h16,18,20-22H,2-15,17,19H2,1H3;(H,3,4)(H,5,6). The summed E-state index contributed by atoms with van der Waals surface area (Å²) in [5, 5.41) is 14.8. The largest absolute Gasteiger partial charge is 0.473 e. The second-order valence-corrected chi connectivity index (χ2v) is 8.48. The van der Waals surface area contributed by atoms with Crippen LogP contribution in [-0.2, 0) is 20.9 Å². The van der Waals surface area contributed by atoms with Gasteiger partial charge in [-0.2, -0.15) is 0 Å². The summed E-state index contributed by atoms with van der Waals surface area (Å²) >= 11 is 0. The van der Waals surface area contributed by atoms with Crippen molar-refractivity contribution in [3.63, 3.8) is 0 Å².